The van der Waals surface area contributed by atoms with Gasteiger partial charge in [-0.3, -0.25) is 14.4 Å². The van der Waals surface area contributed by atoms with Crippen molar-refractivity contribution in [1.29, 1.82) is 0 Å². The molecule has 76 heavy (non-hydrogen) atoms. The van der Waals surface area contributed by atoms with E-state index < -0.39 is 0 Å². The van der Waals surface area contributed by atoms with E-state index in [1.165, 1.54) is 5.56 Å². The summed E-state index contributed by atoms with van der Waals surface area (Å²) >= 11 is 0. The monoisotopic (exact) mass is 1040 g/mol. The zero-order valence-corrected chi connectivity index (χ0v) is 44.8. The predicted octanol–water partition coefficient (Wildman–Crippen LogP) is 9.03. The summed E-state index contributed by atoms with van der Waals surface area (Å²) in [5.74, 6) is 1.85. The van der Waals surface area contributed by atoms with Gasteiger partial charge in [0.1, 0.15) is 31.8 Å². The van der Waals surface area contributed by atoms with Gasteiger partial charge in [-0.15, -0.1) is 0 Å². The van der Waals surface area contributed by atoms with E-state index in [-0.39, 0.29) is 42.9 Å². The van der Waals surface area contributed by atoms with Crippen LogP contribution in [0.1, 0.15) is 99.5 Å². The first-order valence-corrected chi connectivity index (χ1v) is 27.0. The van der Waals surface area contributed by atoms with E-state index in [4.69, 9.17) is 33.3 Å². The van der Waals surface area contributed by atoms with E-state index >= 15 is 0 Å². The summed E-state index contributed by atoms with van der Waals surface area (Å²) in [5.41, 5.74) is 13.6. The molecule has 2 amide bonds. The number of rotatable bonds is 28. The number of hydrogen-bond acceptors (Lipinski definition) is 12. The van der Waals surface area contributed by atoms with Gasteiger partial charge in [0.25, 0.3) is 5.91 Å². The van der Waals surface area contributed by atoms with Crippen molar-refractivity contribution in [2.24, 2.45) is 0 Å². The van der Waals surface area contributed by atoms with Crippen molar-refractivity contribution in [3.8, 4) is 17.2 Å². The number of carbonyl (C=O) groups excluding carboxylic acids is 3. The summed E-state index contributed by atoms with van der Waals surface area (Å²) in [5, 5.41) is 0. The number of amides is 2. The van der Waals surface area contributed by atoms with Crippen LogP contribution in [-0.2, 0) is 56.3 Å². The first-order valence-electron chi connectivity index (χ1n) is 27.0. The van der Waals surface area contributed by atoms with Crippen molar-refractivity contribution < 1.29 is 52.2 Å². The third kappa shape index (κ3) is 12.8. The SMILES string of the molecule is CCNOCCCCC(=O)CCCN(CCOCCOCCOC)c1cc(COc2cc3c(cc2C)C(=O)N2c4ccccc4C[C@H]2[C-]=[N+]3C)cc(COc2cc3c(cc2OC)C(=O)N2c4ccccc4C[C@H]2CC3)c1. The van der Waals surface area contributed by atoms with Gasteiger partial charge in [0, 0.05) is 86.1 Å². The van der Waals surface area contributed by atoms with E-state index in [1.807, 2.05) is 95.9 Å². The molecule has 0 bridgehead atoms. The van der Waals surface area contributed by atoms with Crippen molar-refractivity contribution in [3.05, 3.63) is 136 Å². The average molecular weight is 1040 g/mol. The predicted molar refractivity (Wildman–Crippen MR) is 293 cm³/mol. The quantitative estimate of drug-likeness (QED) is 0.0221. The van der Waals surface area contributed by atoms with Gasteiger partial charge in [-0.25, -0.2) is 5.48 Å². The lowest BCUT2D eigenvalue weighted by molar-refractivity contribution is -0.401. The highest BCUT2D eigenvalue weighted by Gasteiger charge is 2.38. The largest absolute Gasteiger partial charge is 0.493 e. The standard InChI is InChI=1S/C61H73N5O10/c1-6-62-76-24-12-11-16-51(67)17-13-22-64(23-25-72-28-29-73-27-26-70-4)49-32-43(40-74-57-38-56-53(30-42(57)2)61(69)66-50(39-63(56)3)35-47-15-8-10-19-55(47)66)31-44(33-49)41-75-59-36-45-20-21-48-34-46-14-7-9-18-54(46)65(48)60(68)52(45)37-58(59)71-5/h7-10,14-15,18-19,30-33,36-38,48,50,62H,6,11-13,16-17,20-29,34-35,40-41H2,1-5H3/t48-,50+/m1/s1. The number of Topliss-reactive ketones (excluding diaryl/α,β-unsaturated/α-hetero) is 1. The number of benzene rings is 5. The molecule has 4 aliphatic rings. The Morgan fingerprint density at radius 3 is 2.14 bits per heavy atom. The molecule has 0 saturated carbocycles. The Hall–Kier alpha value is -6.62. The number of hydroxylamine groups is 1. The van der Waals surface area contributed by atoms with Crippen LogP contribution in [0.3, 0.4) is 0 Å². The molecule has 402 valence electrons. The van der Waals surface area contributed by atoms with Crippen LogP contribution in [0.15, 0.2) is 91.0 Å². The molecule has 0 fully saturated rings. The molecular formula is C61H73N5O10. The lowest BCUT2D eigenvalue weighted by Crippen LogP contribution is -2.38. The van der Waals surface area contributed by atoms with Gasteiger partial charge in [0.15, 0.2) is 11.5 Å². The minimum atomic E-state index is -0.214. The Balaban J connectivity index is 0.973. The minimum absolute atomic E-state index is 0.0195. The van der Waals surface area contributed by atoms with Crippen LogP contribution in [0, 0.1) is 6.92 Å². The summed E-state index contributed by atoms with van der Waals surface area (Å²) in [4.78, 5) is 53.2. The number of methoxy groups -OCH3 is 2. The zero-order valence-electron chi connectivity index (χ0n) is 44.8. The van der Waals surface area contributed by atoms with Crippen molar-refractivity contribution in [3.63, 3.8) is 0 Å². The van der Waals surface area contributed by atoms with E-state index in [1.54, 1.807) is 14.2 Å². The number of aryl methyl sites for hydroxylation is 2. The number of carbonyl (C=O) groups is 3. The number of ketones is 1. The first-order chi connectivity index (χ1) is 37.1. The third-order valence-electron chi connectivity index (χ3n) is 14.7. The molecule has 15 heteroatoms. The second kappa shape index (κ2) is 25.9. The molecule has 0 saturated heterocycles. The fraction of sp³-hybridized carbons (Fsp3) is 0.443. The fourth-order valence-corrected chi connectivity index (χ4v) is 10.8. The number of ether oxygens (including phenoxy) is 6. The maximum Gasteiger partial charge on any atom is 0.258 e. The lowest BCUT2D eigenvalue weighted by Gasteiger charge is -2.26. The molecule has 0 aliphatic carbocycles. The maximum atomic E-state index is 14.3. The van der Waals surface area contributed by atoms with Crippen LogP contribution in [0.25, 0.3) is 0 Å². The van der Waals surface area contributed by atoms with Crippen LogP contribution in [0.2, 0.25) is 0 Å². The smallest absolute Gasteiger partial charge is 0.258 e. The number of nitrogens with one attached hydrogen (secondary N) is 1. The van der Waals surface area contributed by atoms with Gasteiger partial charge in [-0.2, -0.15) is 0 Å². The molecule has 0 radical (unpaired) electrons. The molecular weight excluding hydrogens is 963 g/mol. The minimum Gasteiger partial charge on any atom is -0.493 e. The number of fused-ring (bicyclic) bond motifs is 8. The number of anilines is 3. The molecule has 1 N–H and O–H groups in total. The van der Waals surface area contributed by atoms with Crippen molar-refractivity contribution in [2.75, 3.05) is 95.2 Å². The van der Waals surface area contributed by atoms with Crippen LogP contribution in [0.5, 0.6) is 17.2 Å². The molecule has 0 unspecified atom stereocenters. The lowest BCUT2D eigenvalue weighted by atomic mass is 9.99. The summed E-state index contributed by atoms with van der Waals surface area (Å²) in [6.07, 6.45) is 9.87. The molecule has 4 heterocycles. The van der Waals surface area contributed by atoms with Crippen LogP contribution in [0.4, 0.5) is 22.7 Å². The van der Waals surface area contributed by atoms with E-state index in [0.29, 0.717) is 107 Å². The Kier molecular flexibility index (Phi) is 18.5. The highest BCUT2D eigenvalue weighted by atomic mass is 16.6. The second-order valence-corrected chi connectivity index (χ2v) is 19.9. The molecule has 2 atom stereocenters. The summed E-state index contributed by atoms with van der Waals surface area (Å²) in [7, 11) is 5.19. The van der Waals surface area contributed by atoms with Gasteiger partial charge < -0.3 is 52.5 Å². The molecule has 4 aliphatic heterocycles. The van der Waals surface area contributed by atoms with Crippen LogP contribution >= 0.6 is 0 Å². The number of hydrogen-bond donors (Lipinski definition) is 1. The van der Waals surface area contributed by atoms with Crippen molar-refractivity contribution in [1.82, 2.24) is 5.48 Å². The van der Waals surface area contributed by atoms with Gasteiger partial charge in [-0.05, 0) is 134 Å². The molecule has 5 aromatic rings. The Morgan fingerprint density at radius 2 is 1.39 bits per heavy atom. The van der Waals surface area contributed by atoms with Crippen molar-refractivity contribution in [2.45, 2.75) is 96.9 Å². The van der Waals surface area contributed by atoms with Crippen LogP contribution in [-0.4, -0.2) is 121 Å². The molecule has 0 spiro atoms. The molecule has 5 aromatic carbocycles. The molecule has 15 nitrogen and oxygen atoms in total. The zero-order chi connectivity index (χ0) is 53.0. The number of unbranched alkanes of at least 4 members (excludes halogenated alkanes) is 1. The van der Waals surface area contributed by atoms with E-state index in [2.05, 4.69) is 46.9 Å². The normalized spacial score (nSPS) is 16.2. The van der Waals surface area contributed by atoms with Crippen LogP contribution < -0.4 is 34.4 Å². The Bertz CT molecular complexity index is 2890. The third-order valence-corrected chi connectivity index (χ3v) is 14.7. The fourth-order valence-electron chi connectivity index (χ4n) is 10.8. The van der Waals surface area contributed by atoms with Gasteiger partial charge in [-0.1, -0.05) is 49.4 Å². The number of para-hydroxylation sites is 2. The van der Waals surface area contributed by atoms with E-state index in [9.17, 15) is 14.4 Å². The highest BCUT2D eigenvalue weighted by molar-refractivity contribution is 6.13. The topological polar surface area (TPSA) is 141 Å². The highest BCUT2D eigenvalue weighted by Crippen LogP contribution is 2.42. The van der Waals surface area contributed by atoms with Gasteiger partial charge >= 0.3 is 0 Å². The van der Waals surface area contributed by atoms with E-state index in [0.717, 1.165) is 89.2 Å². The Morgan fingerprint density at radius 1 is 0.711 bits per heavy atom. The molecule has 0 aromatic heterocycles. The molecule has 9 rings (SSSR count). The van der Waals surface area contributed by atoms with Gasteiger partial charge in [0.2, 0.25) is 5.91 Å². The second-order valence-electron chi connectivity index (χ2n) is 19.9. The maximum absolute atomic E-state index is 14.3. The van der Waals surface area contributed by atoms with Gasteiger partial charge in [0.05, 0.1) is 52.4 Å². The summed E-state index contributed by atoms with van der Waals surface area (Å²) in [6.45, 7) is 9.19. The average Bonchev–Trinajstić information content (AvgIpc) is 3.93. The summed E-state index contributed by atoms with van der Waals surface area (Å²) < 4.78 is 38.2. The number of nitrogens with zero attached hydrogens (tertiary/aromatic N) is 4. The first kappa shape index (κ1) is 54.2. The summed E-state index contributed by atoms with van der Waals surface area (Å²) in [6, 6.07) is 30.2. The Labute approximate surface area is 447 Å². The van der Waals surface area contributed by atoms with Crippen molar-refractivity contribution >= 4 is 46.6 Å².